The molecular weight excluding hydrogens is 223 g/mol. The van der Waals surface area contributed by atoms with E-state index >= 15 is 0 Å². The molecule has 16 heavy (non-hydrogen) atoms. The van der Waals surface area contributed by atoms with Crippen LogP contribution in [0.5, 0.6) is 5.75 Å². The highest BCUT2D eigenvalue weighted by Crippen LogP contribution is 2.22. The lowest BCUT2D eigenvalue weighted by molar-refractivity contribution is 0.293. The summed E-state index contributed by atoms with van der Waals surface area (Å²) in [5, 5.41) is 0. The Morgan fingerprint density at radius 1 is 1.00 bits per heavy atom. The van der Waals surface area contributed by atoms with Gasteiger partial charge in [0, 0.05) is 10.5 Å². The van der Waals surface area contributed by atoms with Gasteiger partial charge in [-0.1, -0.05) is 30.3 Å². The summed E-state index contributed by atoms with van der Waals surface area (Å²) in [5.74, 6) is 0.410. The van der Waals surface area contributed by atoms with E-state index in [9.17, 15) is 4.39 Å². The van der Waals surface area contributed by atoms with E-state index in [1.807, 2.05) is 24.3 Å². The van der Waals surface area contributed by atoms with Crippen LogP contribution in [0.3, 0.4) is 0 Å². The number of rotatable bonds is 3. The summed E-state index contributed by atoms with van der Waals surface area (Å²) in [7, 11) is 0. The molecular formula is C13H11FOS. The molecule has 1 nitrogen and oxygen atoms in total. The first-order valence-corrected chi connectivity index (χ1v) is 5.36. The first-order chi connectivity index (χ1) is 7.77. The van der Waals surface area contributed by atoms with Gasteiger partial charge in [0.15, 0.2) is 0 Å². The Kier molecular flexibility index (Phi) is 3.47. The SMILES string of the molecule is Fc1ccccc1COc1ccccc1S. The van der Waals surface area contributed by atoms with E-state index in [4.69, 9.17) is 4.74 Å². The minimum Gasteiger partial charge on any atom is -0.488 e. The summed E-state index contributed by atoms with van der Waals surface area (Å²) in [6, 6.07) is 13.9. The Morgan fingerprint density at radius 2 is 1.69 bits per heavy atom. The fourth-order valence-corrected chi connectivity index (χ4v) is 1.58. The number of para-hydroxylation sites is 1. The van der Waals surface area contributed by atoms with Crippen LogP contribution in [-0.4, -0.2) is 0 Å². The predicted molar refractivity (Wildman–Crippen MR) is 64.4 cm³/mol. The van der Waals surface area contributed by atoms with E-state index in [1.54, 1.807) is 18.2 Å². The molecule has 0 radical (unpaired) electrons. The Bertz CT molecular complexity index is 439. The minimum absolute atomic E-state index is 0.213. The Balaban J connectivity index is 2.09. The lowest BCUT2D eigenvalue weighted by Crippen LogP contribution is -1.98. The van der Waals surface area contributed by atoms with Crippen molar-refractivity contribution in [2.45, 2.75) is 11.5 Å². The standard InChI is InChI=1S/C13H11FOS/c14-11-6-2-1-5-10(11)9-15-12-7-3-4-8-13(12)16/h1-8,16H,9H2. The molecule has 0 atom stereocenters. The van der Waals surface area contributed by atoms with Gasteiger partial charge in [0.2, 0.25) is 0 Å². The molecule has 2 aromatic rings. The molecule has 0 aromatic heterocycles. The third kappa shape index (κ3) is 2.55. The van der Waals surface area contributed by atoms with Gasteiger partial charge in [0.25, 0.3) is 0 Å². The van der Waals surface area contributed by atoms with E-state index in [0.29, 0.717) is 11.3 Å². The van der Waals surface area contributed by atoms with Crippen LogP contribution in [0, 0.1) is 5.82 Å². The second kappa shape index (κ2) is 5.03. The fourth-order valence-electron chi connectivity index (χ4n) is 1.35. The van der Waals surface area contributed by atoms with E-state index in [-0.39, 0.29) is 12.4 Å². The first kappa shape index (κ1) is 11.0. The van der Waals surface area contributed by atoms with E-state index in [0.717, 1.165) is 4.90 Å². The van der Waals surface area contributed by atoms with Crippen molar-refractivity contribution in [3.63, 3.8) is 0 Å². The summed E-state index contributed by atoms with van der Waals surface area (Å²) in [6.45, 7) is 0.213. The maximum absolute atomic E-state index is 13.3. The number of halogens is 1. The lowest BCUT2D eigenvalue weighted by Gasteiger charge is -2.08. The van der Waals surface area contributed by atoms with Crippen molar-refractivity contribution in [2.24, 2.45) is 0 Å². The van der Waals surface area contributed by atoms with Gasteiger partial charge in [-0.25, -0.2) is 4.39 Å². The maximum Gasteiger partial charge on any atom is 0.133 e. The molecule has 0 aliphatic carbocycles. The monoisotopic (exact) mass is 234 g/mol. The topological polar surface area (TPSA) is 9.23 Å². The minimum atomic E-state index is -0.251. The number of hydrogen-bond acceptors (Lipinski definition) is 2. The fraction of sp³-hybridized carbons (Fsp3) is 0.0769. The van der Waals surface area contributed by atoms with Gasteiger partial charge >= 0.3 is 0 Å². The van der Waals surface area contributed by atoms with Crippen LogP contribution < -0.4 is 4.74 Å². The third-order valence-corrected chi connectivity index (χ3v) is 2.58. The third-order valence-electron chi connectivity index (χ3n) is 2.21. The molecule has 0 amide bonds. The molecule has 0 aliphatic rings. The second-order valence-corrected chi connectivity index (χ2v) is 3.83. The summed E-state index contributed by atoms with van der Waals surface area (Å²) in [6.07, 6.45) is 0. The highest BCUT2D eigenvalue weighted by Gasteiger charge is 2.03. The average molecular weight is 234 g/mol. The van der Waals surface area contributed by atoms with Gasteiger partial charge in [-0.05, 0) is 18.2 Å². The normalized spacial score (nSPS) is 10.1. The van der Waals surface area contributed by atoms with E-state index in [2.05, 4.69) is 12.6 Å². The molecule has 2 aromatic carbocycles. The quantitative estimate of drug-likeness (QED) is 0.797. The molecule has 82 valence electrons. The molecule has 0 saturated carbocycles. The molecule has 0 spiro atoms. The average Bonchev–Trinajstić information content (AvgIpc) is 2.30. The van der Waals surface area contributed by atoms with Gasteiger partial charge < -0.3 is 4.74 Å². The predicted octanol–water partition coefficient (Wildman–Crippen LogP) is 3.69. The molecule has 0 heterocycles. The smallest absolute Gasteiger partial charge is 0.133 e. The van der Waals surface area contributed by atoms with Crippen LogP contribution in [0.15, 0.2) is 53.4 Å². The van der Waals surface area contributed by atoms with Gasteiger partial charge in [0.05, 0.1) is 0 Å². The molecule has 0 aliphatic heterocycles. The van der Waals surface area contributed by atoms with Gasteiger partial charge in [0.1, 0.15) is 18.2 Å². The number of thiol groups is 1. The molecule has 3 heteroatoms. The van der Waals surface area contributed by atoms with Crippen molar-refractivity contribution in [2.75, 3.05) is 0 Å². The van der Waals surface area contributed by atoms with Crippen molar-refractivity contribution >= 4 is 12.6 Å². The summed E-state index contributed by atoms with van der Waals surface area (Å²) >= 11 is 4.25. The van der Waals surface area contributed by atoms with Crippen molar-refractivity contribution in [1.82, 2.24) is 0 Å². The Morgan fingerprint density at radius 3 is 2.44 bits per heavy atom. The zero-order valence-electron chi connectivity index (χ0n) is 8.56. The number of hydrogen-bond donors (Lipinski definition) is 1. The molecule has 0 saturated heterocycles. The lowest BCUT2D eigenvalue weighted by atomic mass is 10.2. The maximum atomic E-state index is 13.3. The van der Waals surface area contributed by atoms with Crippen molar-refractivity contribution in [3.8, 4) is 5.75 Å². The molecule has 0 fully saturated rings. The van der Waals surface area contributed by atoms with Crippen molar-refractivity contribution in [1.29, 1.82) is 0 Å². The largest absolute Gasteiger partial charge is 0.488 e. The highest BCUT2D eigenvalue weighted by molar-refractivity contribution is 7.80. The van der Waals surface area contributed by atoms with Crippen LogP contribution in [0.25, 0.3) is 0 Å². The second-order valence-electron chi connectivity index (χ2n) is 3.35. The number of benzene rings is 2. The summed E-state index contributed by atoms with van der Waals surface area (Å²) in [4.78, 5) is 0.749. The van der Waals surface area contributed by atoms with E-state index in [1.165, 1.54) is 6.07 Å². The van der Waals surface area contributed by atoms with Crippen LogP contribution in [-0.2, 0) is 6.61 Å². The number of ether oxygens (including phenoxy) is 1. The summed E-state index contributed by atoms with van der Waals surface area (Å²) in [5.41, 5.74) is 0.541. The Labute approximate surface area is 99.3 Å². The van der Waals surface area contributed by atoms with Crippen molar-refractivity contribution in [3.05, 3.63) is 59.9 Å². The molecule has 0 N–H and O–H groups in total. The van der Waals surface area contributed by atoms with Crippen molar-refractivity contribution < 1.29 is 9.13 Å². The highest BCUT2D eigenvalue weighted by atomic mass is 32.1. The molecule has 2 rings (SSSR count). The van der Waals surface area contributed by atoms with Crippen LogP contribution in [0.2, 0.25) is 0 Å². The van der Waals surface area contributed by atoms with Crippen LogP contribution >= 0.6 is 12.6 Å². The molecule has 0 bridgehead atoms. The summed E-state index contributed by atoms with van der Waals surface area (Å²) < 4.78 is 18.8. The zero-order chi connectivity index (χ0) is 11.4. The van der Waals surface area contributed by atoms with Gasteiger partial charge in [-0.2, -0.15) is 0 Å². The van der Waals surface area contributed by atoms with Crippen LogP contribution in [0.1, 0.15) is 5.56 Å². The molecule has 0 unspecified atom stereocenters. The van der Waals surface area contributed by atoms with E-state index < -0.39 is 0 Å². The zero-order valence-corrected chi connectivity index (χ0v) is 9.45. The van der Waals surface area contributed by atoms with Gasteiger partial charge in [-0.15, -0.1) is 12.6 Å². The van der Waals surface area contributed by atoms with Gasteiger partial charge in [-0.3, -0.25) is 0 Å². The first-order valence-electron chi connectivity index (χ1n) is 4.91. The Hall–Kier alpha value is -1.48. The van der Waals surface area contributed by atoms with Crippen LogP contribution in [0.4, 0.5) is 4.39 Å².